The molecule has 0 saturated heterocycles. The Labute approximate surface area is 173 Å². The SMILES string of the molecule is CCOC(=O)[C@H](CCc1ccccc1)N[C@@H](CCCCN(C=O)C(F)(F)F)C(=O)O. The number of nitrogens with one attached hydrogen (secondary N) is 1. The molecular formula is C20H27F3N2O5. The number of carbonyl (C=O) groups is 3. The third-order valence-electron chi connectivity index (χ3n) is 4.43. The van der Waals surface area contributed by atoms with Gasteiger partial charge in [0.2, 0.25) is 6.41 Å². The highest BCUT2D eigenvalue weighted by Crippen LogP contribution is 2.20. The summed E-state index contributed by atoms with van der Waals surface area (Å²) in [6.45, 7) is 1.22. The first-order valence-corrected chi connectivity index (χ1v) is 9.67. The Morgan fingerprint density at radius 1 is 1.17 bits per heavy atom. The maximum Gasteiger partial charge on any atom is 0.486 e. The molecule has 168 valence electrons. The zero-order valence-corrected chi connectivity index (χ0v) is 16.7. The average molecular weight is 432 g/mol. The number of rotatable bonds is 14. The molecular weight excluding hydrogens is 405 g/mol. The number of benzene rings is 1. The van der Waals surface area contributed by atoms with E-state index in [1.54, 1.807) is 6.92 Å². The average Bonchev–Trinajstić information content (AvgIpc) is 2.69. The molecule has 1 aromatic carbocycles. The minimum Gasteiger partial charge on any atom is -0.480 e. The minimum atomic E-state index is -4.77. The highest BCUT2D eigenvalue weighted by molar-refractivity contribution is 5.78. The summed E-state index contributed by atoms with van der Waals surface area (Å²) in [5, 5.41) is 12.2. The fraction of sp³-hybridized carbons (Fsp3) is 0.550. The van der Waals surface area contributed by atoms with Gasteiger partial charge in [0.05, 0.1) is 6.61 Å². The van der Waals surface area contributed by atoms with Gasteiger partial charge < -0.3 is 9.84 Å². The first kappa shape index (κ1) is 25.4. The number of hydrogen-bond acceptors (Lipinski definition) is 5. The molecule has 0 saturated carbocycles. The molecule has 0 aliphatic rings. The first-order valence-electron chi connectivity index (χ1n) is 9.67. The van der Waals surface area contributed by atoms with E-state index in [-0.39, 0.29) is 37.2 Å². The van der Waals surface area contributed by atoms with Crippen molar-refractivity contribution in [3.63, 3.8) is 0 Å². The van der Waals surface area contributed by atoms with Gasteiger partial charge >= 0.3 is 18.2 Å². The molecule has 1 amide bonds. The maximum absolute atomic E-state index is 12.5. The quantitative estimate of drug-likeness (QED) is 0.203. The Bertz CT molecular complexity index is 670. The number of nitrogens with zero attached hydrogens (tertiary/aromatic N) is 1. The van der Waals surface area contributed by atoms with Crippen LogP contribution in [-0.2, 0) is 25.5 Å². The number of amides is 1. The number of hydrogen-bond donors (Lipinski definition) is 2. The number of carboxylic acids is 1. The van der Waals surface area contributed by atoms with Crippen LogP contribution in [0.2, 0.25) is 0 Å². The summed E-state index contributed by atoms with van der Waals surface area (Å²) in [4.78, 5) is 34.0. The van der Waals surface area contributed by atoms with Crippen LogP contribution in [0.25, 0.3) is 0 Å². The van der Waals surface area contributed by atoms with Crippen LogP contribution < -0.4 is 5.32 Å². The Balaban J connectivity index is 2.65. The van der Waals surface area contributed by atoms with Crippen molar-refractivity contribution >= 4 is 18.3 Å². The lowest BCUT2D eigenvalue weighted by molar-refractivity contribution is -0.234. The van der Waals surface area contributed by atoms with Crippen molar-refractivity contribution in [3.8, 4) is 0 Å². The number of alkyl halides is 3. The molecule has 0 spiro atoms. The van der Waals surface area contributed by atoms with Gasteiger partial charge in [-0.25, -0.2) is 0 Å². The molecule has 0 fully saturated rings. The van der Waals surface area contributed by atoms with E-state index in [2.05, 4.69) is 5.32 Å². The summed E-state index contributed by atoms with van der Waals surface area (Å²) < 4.78 is 42.6. The Morgan fingerprint density at radius 3 is 2.37 bits per heavy atom. The summed E-state index contributed by atoms with van der Waals surface area (Å²) in [5.74, 6) is -1.80. The van der Waals surface area contributed by atoms with E-state index in [9.17, 15) is 32.7 Å². The number of aryl methyl sites for hydroxylation is 1. The van der Waals surface area contributed by atoms with Crippen molar-refractivity contribution in [2.24, 2.45) is 0 Å². The largest absolute Gasteiger partial charge is 0.486 e. The van der Waals surface area contributed by atoms with Gasteiger partial charge in [0, 0.05) is 6.54 Å². The first-order chi connectivity index (χ1) is 14.2. The maximum atomic E-state index is 12.5. The van der Waals surface area contributed by atoms with E-state index >= 15 is 0 Å². The normalized spacial score (nSPS) is 13.3. The van der Waals surface area contributed by atoms with E-state index in [0.29, 0.717) is 12.8 Å². The van der Waals surface area contributed by atoms with Crippen LogP contribution in [0, 0.1) is 0 Å². The van der Waals surface area contributed by atoms with Crippen molar-refractivity contribution in [2.75, 3.05) is 13.2 Å². The second-order valence-corrected chi connectivity index (χ2v) is 6.65. The molecule has 7 nitrogen and oxygen atoms in total. The summed E-state index contributed by atoms with van der Waals surface area (Å²) in [7, 11) is 0. The molecule has 30 heavy (non-hydrogen) atoms. The molecule has 0 aromatic heterocycles. The third-order valence-corrected chi connectivity index (χ3v) is 4.43. The third kappa shape index (κ3) is 9.25. The number of ether oxygens (including phenoxy) is 1. The number of halogens is 3. The molecule has 0 bridgehead atoms. The summed E-state index contributed by atoms with van der Waals surface area (Å²) in [6, 6.07) is 7.33. The fourth-order valence-corrected chi connectivity index (χ4v) is 2.86. The topological polar surface area (TPSA) is 95.9 Å². The molecule has 2 atom stereocenters. The molecule has 10 heteroatoms. The van der Waals surface area contributed by atoms with Gasteiger partial charge in [0.25, 0.3) is 0 Å². The van der Waals surface area contributed by atoms with Crippen LogP contribution in [-0.4, -0.2) is 59.9 Å². The number of carbonyl (C=O) groups excluding carboxylic acids is 2. The van der Waals surface area contributed by atoms with Gasteiger partial charge in [-0.05, 0) is 44.6 Å². The smallest absolute Gasteiger partial charge is 0.480 e. The lowest BCUT2D eigenvalue weighted by Gasteiger charge is -2.23. The molecule has 0 aliphatic carbocycles. The van der Waals surface area contributed by atoms with Crippen LogP contribution in [0.15, 0.2) is 30.3 Å². The van der Waals surface area contributed by atoms with Crippen molar-refractivity contribution in [1.82, 2.24) is 10.2 Å². The molecule has 1 rings (SSSR count). The zero-order valence-electron chi connectivity index (χ0n) is 16.7. The number of carboxylic acid groups (broad SMARTS) is 1. The minimum absolute atomic E-state index is 0.00112. The second kappa shape index (κ2) is 12.8. The molecule has 0 heterocycles. The lowest BCUT2D eigenvalue weighted by atomic mass is 10.0. The fourth-order valence-electron chi connectivity index (χ4n) is 2.86. The molecule has 0 aliphatic heterocycles. The van der Waals surface area contributed by atoms with Gasteiger partial charge in [-0.1, -0.05) is 30.3 Å². The van der Waals surface area contributed by atoms with E-state index in [1.807, 2.05) is 30.3 Å². The van der Waals surface area contributed by atoms with Crippen molar-refractivity contribution < 1.29 is 37.4 Å². The predicted octanol–water partition coefficient (Wildman–Crippen LogP) is 2.74. The number of aliphatic carboxylic acids is 1. The van der Waals surface area contributed by atoms with Crippen molar-refractivity contribution in [2.45, 2.75) is 57.4 Å². The Kier molecular flexibility index (Phi) is 10.9. The van der Waals surface area contributed by atoms with Gasteiger partial charge in [0.15, 0.2) is 0 Å². The summed E-state index contributed by atoms with van der Waals surface area (Å²) >= 11 is 0. The van der Waals surface area contributed by atoms with Crippen LogP contribution in [0.3, 0.4) is 0 Å². The van der Waals surface area contributed by atoms with Crippen LogP contribution >= 0.6 is 0 Å². The van der Waals surface area contributed by atoms with Gasteiger partial charge in [-0.3, -0.25) is 24.6 Å². The number of unbranched alkanes of at least 4 members (excludes halogenated alkanes) is 1. The highest BCUT2D eigenvalue weighted by atomic mass is 19.4. The Hall–Kier alpha value is -2.62. The van der Waals surface area contributed by atoms with E-state index in [1.165, 1.54) is 0 Å². The van der Waals surface area contributed by atoms with Gasteiger partial charge in [-0.15, -0.1) is 13.2 Å². The zero-order chi connectivity index (χ0) is 22.6. The van der Waals surface area contributed by atoms with E-state index < -0.39 is 36.9 Å². The van der Waals surface area contributed by atoms with Crippen molar-refractivity contribution in [1.29, 1.82) is 0 Å². The van der Waals surface area contributed by atoms with Crippen LogP contribution in [0.5, 0.6) is 0 Å². The number of esters is 1. The standard InChI is InChI=1S/C20H27F3N2O5/c1-2-30-19(29)17(12-11-15-8-4-3-5-9-15)24-16(18(27)28)10-6-7-13-25(14-26)20(21,22)23/h3-5,8-9,14,16-17,24H,2,6-7,10-13H2,1H3,(H,27,28)/t16-,17-/m0/s1. The molecule has 0 radical (unpaired) electrons. The summed E-state index contributed by atoms with van der Waals surface area (Å²) in [5.41, 5.74) is 0.974. The summed E-state index contributed by atoms with van der Waals surface area (Å²) in [6.07, 6.45) is -4.15. The van der Waals surface area contributed by atoms with Crippen LogP contribution in [0.4, 0.5) is 13.2 Å². The Morgan fingerprint density at radius 2 is 1.83 bits per heavy atom. The van der Waals surface area contributed by atoms with Gasteiger partial charge in [-0.2, -0.15) is 0 Å². The predicted molar refractivity (Wildman–Crippen MR) is 102 cm³/mol. The lowest BCUT2D eigenvalue weighted by Crippen LogP contribution is -2.48. The molecule has 1 aromatic rings. The van der Waals surface area contributed by atoms with Crippen molar-refractivity contribution in [3.05, 3.63) is 35.9 Å². The van der Waals surface area contributed by atoms with Gasteiger partial charge in [0.1, 0.15) is 12.1 Å². The van der Waals surface area contributed by atoms with E-state index in [4.69, 9.17) is 4.74 Å². The van der Waals surface area contributed by atoms with Crippen LogP contribution in [0.1, 0.15) is 38.2 Å². The second-order valence-electron chi connectivity index (χ2n) is 6.65. The highest BCUT2D eigenvalue weighted by Gasteiger charge is 2.35. The molecule has 2 N–H and O–H groups in total. The molecule has 0 unspecified atom stereocenters. The monoisotopic (exact) mass is 432 g/mol. The van der Waals surface area contributed by atoms with E-state index in [0.717, 1.165) is 5.56 Å².